The van der Waals surface area contributed by atoms with Gasteiger partial charge < -0.3 is 15.6 Å². The lowest BCUT2D eigenvalue weighted by atomic mass is 9.91. The molecule has 1 heterocycles. The number of fused-ring (bicyclic) bond motifs is 3. The lowest BCUT2D eigenvalue weighted by Gasteiger charge is -2.28. The SMILES string of the molecule is CN(C)C1CCc2[nH]c3ccc(N(C(N)=S)c4cccc(Cl)c4Cl)cc3c2C1. The molecule has 146 valence electrons. The minimum Gasteiger partial charge on any atom is -0.376 e. The van der Waals surface area contributed by atoms with Crippen molar-refractivity contribution >= 4 is 62.8 Å². The molecule has 1 unspecified atom stereocenters. The van der Waals surface area contributed by atoms with Gasteiger partial charge in [0.25, 0.3) is 0 Å². The Balaban J connectivity index is 1.83. The lowest BCUT2D eigenvalue weighted by Crippen LogP contribution is -2.33. The highest BCUT2D eigenvalue weighted by molar-refractivity contribution is 7.80. The van der Waals surface area contributed by atoms with Gasteiger partial charge in [0.15, 0.2) is 5.11 Å². The highest BCUT2D eigenvalue weighted by Crippen LogP contribution is 2.39. The summed E-state index contributed by atoms with van der Waals surface area (Å²) in [5.41, 5.74) is 11.5. The van der Waals surface area contributed by atoms with E-state index in [0.717, 1.165) is 30.5 Å². The van der Waals surface area contributed by atoms with Crippen LogP contribution in [0.2, 0.25) is 10.0 Å². The van der Waals surface area contributed by atoms with Crippen molar-refractivity contribution < 1.29 is 0 Å². The number of halogens is 2. The van der Waals surface area contributed by atoms with Crippen molar-refractivity contribution in [1.82, 2.24) is 9.88 Å². The highest BCUT2D eigenvalue weighted by Gasteiger charge is 2.25. The van der Waals surface area contributed by atoms with Crippen LogP contribution in [-0.2, 0) is 12.8 Å². The van der Waals surface area contributed by atoms with E-state index in [2.05, 4.69) is 36.1 Å². The van der Waals surface area contributed by atoms with E-state index in [0.29, 0.717) is 21.8 Å². The molecule has 4 nitrogen and oxygen atoms in total. The van der Waals surface area contributed by atoms with E-state index in [1.807, 2.05) is 18.2 Å². The van der Waals surface area contributed by atoms with Gasteiger partial charge >= 0.3 is 0 Å². The van der Waals surface area contributed by atoms with Crippen LogP contribution in [0.1, 0.15) is 17.7 Å². The molecule has 0 saturated carbocycles. The Morgan fingerprint density at radius 1 is 1.21 bits per heavy atom. The number of aryl methyl sites for hydroxylation is 1. The number of anilines is 2. The van der Waals surface area contributed by atoms with Crippen LogP contribution in [-0.4, -0.2) is 35.1 Å². The third-order valence-electron chi connectivity index (χ3n) is 5.53. The van der Waals surface area contributed by atoms with Gasteiger partial charge in [-0.2, -0.15) is 0 Å². The van der Waals surface area contributed by atoms with Crippen molar-refractivity contribution in [2.45, 2.75) is 25.3 Å². The standard InChI is InChI=1S/C21H22Cl2N4S/c1-26(2)12-6-8-17-14(10-12)15-11-13(7-9-18(15)25-17)27(21(24)28)19-5-3-4-16(22)20(19)23/h3-5,7,9,11-12,25H,6,8,10H2,1-2H3,(H2,24,28). The summed E-state index contributed by atoms with van der Waals surface area (Å²) < 4.78 is 0. The van der Waals surface area contributed by atoms with E-state index >= 15 is 0 Å². The van der Waals surface area contributed by atoms with Crippen LogP contribution in [0, 0.1) is 0 Å². The molecule has 7 heteroatoms. The maximum Gasteiger partial charge on any atom is 0.175 e. The lowest BCUT2D eigenvalue weighted by molar-refractivity contribution is 0.268. The molecule has 1 aliphatic rings. The van der Waals surface area contributed by atoms with Gasteiger partial charge in [0.2, 0.25) is 0 Å². The molecule has 3 N–H and O–H groups in total. The number of likely N-dealkylation sites (N-methyl/N-ethyl adjacent to an activating group) is 1. The first-order valence-corrected chi connectivity index (χ1v) is 10.4. The number of thiocarbonyl (C=S) groups is 1. The molecule has 1 aliphatic carbocycles. The van der Waals surface area contributed by atoms with E-state index < -0.39 is 0 Å². The number of hydrogen-bond acceptors (Lipinski definition) is 2. The second-order valence-electron chi connectivity index (χ2n) is 7.42. The normalized spacial score (nSPS) is 16.4. The van der Waals surface area contributed by atoms with Gasteiger partial charge in [-0.05, 0) is 81.5 Å². The maximum absolute atomic E-state index is 6.45. The van der Waals surface area contributed by atoms with Gasteiger partial charge in [0, 0.05) is 28.3 Å². The summed E-state index contributed by atoms with van der Waals surface area (Å²) in [6.07, 6.45) is 3.24. The topological polar surface area (TPSA) is 48.3 Å². The number of hydrogen-bond donors (Lipinski definition) is 2. The average Bonchev–Trinajstić information content (AvgIpc) is 3.02. The van der Waals surface area contributed by atoms with Crippen molar-refractivity contribution in [2.24, 2.45) is 5.73 Å². The number of aromatic amines is 1. The third-order valence-corrected chi connectivity index (χ3v) is 6.52. The largest absolute Gasteiger partial charge is 0.376 e. The summed E-state index contributed by atoms with van der Waals surface area (Å²) in [4.78, 5) is 7.66. The van der Waals surface area contributed by atoms with Gasteiger partial charge in [0.05, 0.1) is 15.7 Å². The summed E-state index contributed by atoms with van der Waals surface area (Å²) in [6, 6.07) is 12.2. The monoisotopic (exact) mass is 432 g/mol. The Morgan fingerprint density at radius 3 is 2.71 bits per heavy atom. The molecule has 0 radical (unpaired) electrons. The Kier molecular flexibility index (Phi) is 5.27. The van der Waals surface area contributed by atoms with E-state index in [9.17, 15) is 0 Å². The van der Waals surface area contributed by atoms with Crippen LogP contribution < -0.4 is 10.6 Å². The number of benzene rings is 2. The second kappa shape index (κ2) is 7.56. The molecular formula is C21H22Cl2N4S. The van der Waals surface area contributed by atoms with E-state index in [1.54, 1.807) is 11.0 Å². The quantitative estimate of drug-likeness (QED) is 0.552. The van der Waals surface area contributed by atoms with Crippen molar-refractivity contribution in [1.29, 1.82) is 0 Å². The summed E-state index contributed by atoms with van der Waals surface area (Å²) in [7, 11) is 4.29. The minimum absolute atomic E-state index is 0.221. The van der Waals surface area contributed by atoms with Crippen molar-refractivity contribution in [3.05, 3.63) is 57.7 Å². The Bertz CT molecular complexity index is 1060. The Labute approximate surface area is 180 Å². The fraction of sp³-hybridized carbons (Fsp3) is 0.286. The van der Waals surface area contributed by atoms with Crippen LogP contribution >= 0.6 is 35.4 Å². The third kappa shape index (κ3) is 3.37. The second-order valence-corrected chi connectivity index (χ2v) is 8.62. The molecule has 0 spiro atoms. The number of nitrogens with two attached hydrogens (primary N) is 1. The molecule has 0 saturated heterocycles. The van der Waals surface area contributed by atoms with Crippen molar-refractivity contribution in [3.8, 4) is 0 Å². The minimum atomic E-state index is 0.221. The number of nitrogens with one attached hydrogen (secondary N) is 1. The van der Waals surface area contributed by atoms with Crippen LogP contribution in [0.4, 0.5) is 11.4 Å². The number of rotatable bonds is 3. The first-order chi connectivity index (χ1) is 13.4. The summed E-state index contributed by atoms with van der Waals surface area (Å²) in [6.45, 7) is 0. The summed E-state index contributed by atoms with van der Waals surface area (Å²) in [5.74, 6) is 0. The Morgan fingerprint density at radius 2 is 2.00 bits per heavy atom. The first-order valence-electron chi connectivity index (χ1n) is 9.20. The van der Waals surface area contributed by atoms with Gasteiger partial charge in [0.1, 0.15) is 0 Å². The Hall–Kier alpha value is -1.79. The van der Waals surface area contributed by atoms with Crippen molar-refractivity contribution in [2.75, 3.05) is 19.0 Å². The van der Waals surface area contributed by atoms with Crippen LogP contribution in [0.25, 0.3) is 10.9 Å². The predicted octanol–water partition coefficient (Wildman–Crippen LogP) is 5.28. The molecular weight excluding hydrogens is 411 g/mol. The van der Waals surface area contributed by atoms with Gasteiger partial charge in [-0.3, -0.25) is 4.90 Å². The number of aromatic nitrogens is 1. The van der Waals surface area contributed by atoms with E-state index in [1.165, 1.54) is 16.6 Å². The molecule has 0 aliphatic heterocycles. The smallest absolute Gasteiger partial charge is 0.175 e. The summed E-state index contributed by atoms with van der Waals surface area (Å²) >= 11 is 18.0. The van der Waals surface area contributed by atoms with Crippen LogP contribution in [0.3, 0.4) is 0 Å². The molecule has 0 fully saturated rings. The highest BCUT2D eigenvalue weighted by atomic mass is 35.5. The molecule has 0 bridgehead atoms. The van der Waals surface area contributed by atoms with Gasteiger partial charge in [-0.15, -0.1) is 0 Å². The summed E-state index contributed by atoms with van der Waals surface area (Å²) in [5, 5.41) is 2.33. The van der Waals surface area contributed by atoms with Crippen LogP contribution in [0.5, 0.6) is 0 Å². The zero-order valence-electron chi connectivity index (χ0n) is 15.8. The number of H-pyrrole nitrogens is 1. The molecule has 2 aromatic carbocycles. The zero-order chi connectivity index (χ0) is 20.0. The maximum atomic E-state index is 6.45. The zero-order valence-corrected chi connectivity index (χ0v) is 18.1. The average molecular weight is 433 g/mol. The van der Waals surface area contributed by atoms with Gasteiger partial charge in [-0.25, -0.2) is 0 Å². The number of nitrogens with zero attached hydrogens (tertiary/aromatic N) is 2. The predicted molar refractivity (Wildman–Crippen MR) is 123 cm³/mol. The first kappa shape index (κ1) is 19.5. The van der Waals surface area contributed by atoms with Crippen molar-refractivity contribution in [3.63, 3.8) is 0 Å². The van der Waals surface area contributed by atoms with E-state index in [-0.39, 0.29) is 5.11 Å². The molecule has 1 aromatic heterocycles. The molecule has 4 rings (SSSR count). The molecule has 28 heavy (non-hydrogen) atoms. The fourth-order valence-electron chi connectivity index (χ4n) is 4.02. The van der Waals surface area contributed by atoms with Gasteiger partial charge in [-0.1, -0.05) is 29.3 Å². The van der Waals surface area contributed by atoms with E-state index in [4.69, 9.17) is 41.2 Å². The molecule has 1 atom stereocenters. The molecule has 0 amide bonds. The molecule has 3 aromatic rings. The fourth-order valence-corrected chi connectivity index (χ4v) is 4.60. The van der Waals surface area contributed by atoms with Crippen LogP contribution in [0.15, 0.2) is 36.4 Å².